The molecule has 8 heterocycles. The number of benzene rings is 3. The van der Waals surface area contributed by atoms with Crippen LogP contribution in [0.2, 0.25) is 0 Å². The van der Waals surface area contributed by atoms with Crippen LogP contribution < -0.4 is 30.2 Å². The van der Waals surface area contributed by atoms with Gasteiger partial charge in [-0.3, -0.25) is 44.4 Å². The van der Waals surface area contributed by atoms with Crippen LogP contribution >= 0.6 is 11.3 Å². The fraction of sp³-hybridized carbons (Fsp3) is 0.362. The van der Waals surface area contributed by atoms with Gasteiger partial charge in [-0.25, -0.2) is 19.2 Å². The first-order valence-electron chi connectivity index (χ1n) is 22.5. The van der Waals surface area contributed by atoms with Crippen molar-refractivity contribution in [1.29, 1.82) is 0 Å². The fourth-order valence-corrected chi connectivity index (χ4v) is 10.9. The van der Waals surface area contributed by atoms with Crippen LogP contribution in [0, 0.1) is 5.82 Å². The van der Waals surface area contributed by atoms with E-state index in [1.54, 1.807) is 35.9 Å². The van der Waals surface area contributed by atoms with Gasteiger partial charge in [0.15, 0.2) is 11.2 Å². The monoisotopic (exact) mass is 926 g/mol. The third-order valence-electron chi connectivity index (χ3n) is 13.9. The molecule has 2 atom stereocenters. The van der Waals surface area contributed by atoms with Crippen LogP contribution in [0.15, 0.2) is 72.5 Å². The van der Waals surface area contributed by atoms with Gasteiger partial charge in [-0.1, -0.05) is 12.1 Å². The Hall–Kier alpha value is -7.19. The van der Waals surface area contributed by atoms with Crippen molar-refractivity contribution in [2.24, 2.45) is 0 Å². The number of hydrogen-bond acceptors (Lipinski definition) is 12. The van der Waals surface area contributed by atoms with E-state index in [0.717, 1.165) is 42.0 Å². The summed E-state index contributed by atoms with van der Waals surface area (Å²) in [5.41, 5.74) is 6.27. The topological polar surface area (TPSA) is 180 Å². The van der Waals surface area contributed by atoms with E-state index in [4.69, 9.17) is 0 Å². The quantitative estimate of drug-likeness (QED) is 0.220. The average molecular weight is 927 g/mol. The zero-order chi connectivity index (χ0) is 46.1. The van der Waals surface area contributed by atoms with Crippen LogP contribution in [0.4, 0.5) is 37.1 Å². The highest BCUT2D eigenvalue weighted by molar-refractivity contribution is 7.13. The third-order valence-corrected chi connectivity index (χ3v) is 14.6. The molecule has 0 aliphatic carbocycles. The summed E-state index contributed by atoms with van der Waals surface area (Å²) < 4.78 is 18.0. The normalized spacial score (nSPS) is 19.9. The van der Waals surface area contributed by atoms with E-state index < -0.39 is 35.7 Å². The Balaban J connectivity index is 0.711. The second-order valence-electron chi connectivity index (χ2n) is 17.7. The number of piperazine rings is 2. The van der Waals surface area contributed by atoms with Gasteiger partial charge in [0.25, 0.3) is 17.7 Å². The van der Waals surface area contributed by atoms with Gasteiger partial charge in [-0.2, -0.15) is 0 Å². The first-order valence-corrected chi connectivity index (χ1v) is 23.4. The van der Waals surface area contributed by atoms with Crippen LogP contribution in [-0.2, 0) is 38.7 Å². The molecule has 6 aliphatic heterocycles. The smallest absolute Gasteiger partial charge is 0.328 e. The predicted octanol–water partition coefficient (Wildman–Crippen LogP) is 3.69. The molecule has 18 nitrogen and oxygen atoms in total. The number of aryl methyl sites for hydroxylation is 1. The zero-order valence-corrected chi connectivity index (χ0v) is 37.5. The number of urea groups is 1. The Bertz CT molecular complexity index is 2850. The minimum Gasteiger partial charge on any atom is -0.368 e. The van der Waals surface area contributed by atoms with Crippen molar-refractivity contribution in [1.82, 2.24) is 34.6 Å². The molecular weight excluding hydrogens is 880 g/mol. The van der Waals surface area contributed by atoms with E-state index in [1.807, 2.05) is 56.8 Å². The molecular formula is C47H47FN12O6S. The summed E-state index contributed by atoms with van der Waals surface area (Å²) in [7, 11) is 1.72. The number of halogens is 1. The lowest BCUT2D eigenvalue weighted by atomic mass is 9.99. The molecule has 6 aliphatic rings. The maximum Gasteiger partial charge on any atom is 0.328 e. The second kappa shape index (κ2) is 16.9. The van der Waals surface area contributed by atoms with Crippen molar-refractivity contribution in [3.8, 4) is 11.1 Å². The molecule has 7 amide bonds. The Kier molecular flexibility index (Phi) is 10.7. The van der Waals surface area contributed by atoms with Gasteiger partial charge in [0, 0.05) is 112 Å². The molecule has 20 heteroatoms. The summed E-state index contributed by atoms with van der Waals surface area (Å²) in [6.45, 7) is 5.03. The highest BCUT2D eigenvalue weighted by atomic mass is 32.1. The minimum atomic E-state index is -1.07. The van der Waals surface area contributed by atoms with E-state index in [9.17, 15) is 28.8 Å². The van der Waals surface area contributed by atoms with Gasteiger partial charge >= 0.3 is 6.03 Å². The molecule has 1 unspecified atom stereocenters. The number of thiazole rings is 1. The summed E-state index contributed by atoms with van der Waals surface area (Å²) in [6.07, 6.45) is 5.13. The number of hydrogen-bond donors (Lipinski definition) is 2. The number of anilines is 5. The molecule has 3 fully saturated rings. The van der Waals surface area contributed by atoms with Crippen molar-refractivity contribution in [2.45, 2.75) is 44.4 Å². The summed E-state index contributed by atoms with van der Waals surface area (Å²) in [5.74, 6) is -1.80. The maximum atomic E-state index is 16.0. The average Bonchev–Trinajstić information content (AvgIpc) is 4.16. The first-order chi connectivity index (χ1) is 32.5. The van der Waals surface area contributed by atoms with Gasteiger partial charge in [-0.05, 0) is 66.4 Å². The van der Waals surface area contributed by atoms with Gasteiger partial charge in [0.1, 0.15) is 11.9 Å². The van der Waals surface area contributed by atoms with E-state index >= 15 is 4.39 Å². The zero-order valence-electron chi connectivity index (χ0n) is 36.7. The molecule has 3 aromatic carbocycles. The van der Waals surface area contributed by atoms with Crippen LogP contribution in [0.3, 0.4) is 0 Å². The highest BCUT2D eigenvalue weighted by Gasteiger charge is 2.43. The van der Waals surface area contributed by atoms with Gasteiger partial charge in [-0.15, -0.1) is 11.3 Å². The van der Waals surface area contributed by atoms with Crippen molar-refractivity contribution >= 4 is 74.8 Å². The molecule has 0 radical (unpaired) electrons. The number of rotatable bonds is 9. The number of nitrogens with one attached hydrogen (secondary N) is 2. The summed E-state index contributed by atoms with van der Waals surface area (Å²) >= 11 is 1.27. The largest absolute Gasteiger partial charge is 0.368 e. The molecule has 2 aromatic heterocycles. The van der Waals surface area contributed by atoms with E-state index in [0.29, 0.717) is 73.6 Å². The number of imidazole rings is 1. The van der Waals surface area contributed by atoms with E-state index in [1.165, 1.54) is 27.2 Å². The first kappa shape index (κ1) is 42.4. The number of carbonyl (C=O) groups is 6. The minimum absolute atomic E-state index is 0.00966. The summed E-state index contributed by atoms with van der Waals surface area (Å²) in [4.78, 5) is 101. The maximum absolute atomic E-state index is 16.0. The van der Waals surface area contributed by atoms with Gasteiger partial charge in [0.05, 0.1) is 36.5 Å². The highest BCUT2D eigenvalue weighted by Crippen LogP contribution is 2.41. The van der Waals surface area contributed by atoms with Crippen molar-refractivity contribution in [2.75, 3.05) is 90.9 Å². The molecule has 2 N–H and O–H groups in total. The van der Waals surface area contributed by atoms with Gasteiger partial charge < -0.3 is 29.1 Å². The molecule has 3 saturated heterocycles. The number of likely N-dealkylation sites (N-methyl/N-ethyl adjacent to an activating group) is 1. The molecule has 67 heavy (non-hydrogen) atoms. The SMILES string of the molecule is CN1C(=O)[C@H]2CN(CC(=O)N3CCN(c4ccc(-c5cc(F)c6c(c5)C(=O)N(C(C(=O)Nc5nccs5)c5ncn7c5CCC7)C6)cc4)CC3)CCN2c2ccc(N3CCC(=O)NC3=O)cc21. The Morgan fingerprint density at radius 2 is 1.69 bits per heavy atom. The van der Waals surface area contributed by atoms with Crippen molar-refractivity contribution in [3.63, 3.8) is 0 Å². The molecule has 11 rings (SSSR count). The number of amides is 7. The predicted molar refractivity (Wildman–Crippen MR) is 247 cm³/mol. The lowest BCUT2D eigenvalue weighted by molar-refractivity contribution is -0.133. The number of fused-ring (bicyclic) bond motifs is 5. The number of nitrogens with zero attached hydrogens (tertiary/aromatic N) is 10. The molecule has 0 bridgehead atoms. The van der Waals surface area contributed by atoms with Crippen molar-refractivity contribution < 1.29 is 33.2 Å². The number of imide groups is 1. The van der Waals surface area contributed by atoms with Crippen LogP contribution in [-0.4, -0.2) is 137 Å². The molecule has 0 spiro atoms. The Labute approximate surface area is 388 Å². The molecule has 5 aromatic rings. The molecule has 0 saturated carbocycles. The van der Waals surface area contributed by atoms with Crippen LogP contribution in [0.1, 0.15) is 46.2 Å². The van der Waals surface area contributed by atoms with Crippen LogP contribution in [0.5, 0.6) is 0 Å². The number of aromatic nitrogens is 3. The Morgan fingerprint density at radius 3 is 2.46 bits per heavy atom. The Morgan fingerprint density at radius 1 is 0.881 bits per heavy atom. The molecule has 344 valence electrons. The third kappa shape index (κ3) is 7.62. The van der Waals surface area contributed by atoms with E-state index in [-0.39, 0.29) is 54.9 Å². The van der Waals surface area contributed by atoms with Gasteiger partial charge in [0.2, 0.25) is 11.8 Å². The van der Waals surface area contributed by atoms with Crippen LogP contribution in [0.25, 0.3) is 11.1 Å². The fourth-order valence-electron chi connectivity index (χ4n) is 10.4. The second-order valence-corrected chi connectivity index (χ2v) is 18.6. The van der Waals surface area contributed by atoms with E-state index in [2.05, 4.69) is 30.4 Å². The summed E-state index contributed by atoms with van der Waals surface area (Å²) in [6, 6.07) is 14.4. The lowest BCUT2D eigenvalue weighted by Crippen LogP contribution is -2.63. The van der Waals surface area contributed by atoms with Crippen molar-refractivity contribution in [3.05, 3.63) is 101 Å². The lowest BCUT2D eigenvalue weighted by Gasteiger charge is -2.47. The standard InChI is InChI=1S/C47H47FN12O6S/c1-53-37-23-31(58-13-10-39(61)51-47(58)66)8-9-35(37)59-19-14-54(25-38(59)45(53)65)26-40(62)56-17-15-55(16-18-56)30-6-4-28(5-7-30)29-21-32-33(34(48)22-29)24-60(44(32)64)42(43(63)52-46-49-11-20-67-46)41-36-3-2-12-57(36)27-50-41/h4-9,11,20-23,27,38,42H,2-3,10,12-19,24-26H2,1H3,(H,49,52,63)(H,51,61,66)/t38-,42?/m1/s1. The summed E-state index contributed by atoms with van der Waals surface area (Å²) in [5, 5.41) is 7.33. The number of carbonyl (C=O) groups excluding carboxylic acids is 6.